The molecule has 0 saturated carbocycles. The summed E-state index contributed by atoms with van der Waals surface area (Å²) in [6.07, 6.45) is 4.79. The van der Waals surface area contributed by atoms with Crippen molar-refractivity contribution in [3.8, 4) is 17.2 Å². The number of likely N-dealkylation sites (tertiary alicyclic amines) is 1. The second kappa shape index (κ2) is 13.3. The average molecular weight is 602 g/mol. The molecule has 0 spiro atoms. The van der Waals surface area contributed by atoms with Crippen LogP contribution in [0, 0.1) is 0 Å². The van der Waals surface area contributed by atoms with E-state index in [9.17, 15) is 9.59 Å². The van der Waals surface area contributed by atoms with E-state index in [1.54, 1.807) is 36.2 Å². The van der Waals surface area contributed by atoms with Gasteiger partial charge in [0, 0.05) is 53.8 Å². The fourth-order valence-corrected chi connectivity index (χ4v) is 5.76. The van der Waals surface area contributed by atoms with Crippen molar-refractivity contribution in [3.63, 3.8) is 0 Å². The number of carbonyl (C=O) groups excluding carboxylic acids is 2. The monoisotopic (exact) mass is 601 g/mol. The highest BCUT2D eigenvalue weighted by atomic mass is 16.5. The first kappa shape index (κ1) is 30.0. The summed E-state index contributed by atoms with van der Waals surface area (Å²) in [6.45, 7) is 7.09. The molecule has 1 aliphatic rings. The van der Waals surface area contributed by atoms with Crippen molar-refractivity contribution in [2.45, 2.75) is 39.3 Å². The maximum Gasteiger partial charge on any atom is 0.319 e. The van der Waals surface area contributed by atoms with Gasteiger partial charge in [0.15, 0.2) is 0 Å². The predicted octanol–water partition coefficient (Wildman–Crippen LogP) is 7.83. The lowest BCUT2D eigenvalue weighted by atomic mass is 10.1. The lowest BCUT2D eigenvalue weighted by Crippen LogP contribution is -2.34. The van der Waals surface area contributed by atoms with E-state index in [1.807, 2.05) is 62.4 Å². The van der Waals surface area contributed by atoms with Crippen molar-refractivity contribution in [1.82, 2.24) is 14.8 Å². The molecule has 1 saturated heterocycles. The van der Waals surface area contributed by atoms with Crippen LogP contribution in [0.4, 0.5) is 16.2 Å². The third-order valence-corrected chi connectivity index (χ3v) is 8.08. The number of carbonyl (C=O) groups is 2. The maximum atomic E-state index is 13.4. The number of nitrogens with one attached hydrogen (secondary N) is 2. The van der Waals surface area contributed by atoms with Crippen molar-refractivity contribution >= 4 is 34.2 Å². The zero-order valence-corrected chi connectivity index (χ0v) is 26.0. The average Bonchev–Trinajstić information content (AvgIpc) is 3.70. The Hall–Kier alpha value is -5.08. The van der Waals surface area contributed by atoms with Crippen LogP contribution in [-0.2, 0) is 6.54 Å². The van der Waals surface area contributed by atoms with Crippen LogP contribution in [0.3, 0.4) is 0 Å². The highest BCUT2D eigenvalue weighted by Crippen LogP contribution is 2.29. The summed E-state index contributed by atoms with van der Waals surface area (Å²) in [6, 6.07) is 30.7. The minimum atomic E-state index is -0.250. The van der Waals surface area contributed by atoms with Gasteiger partial charge in [0.2, 0.25) is 0 Å². The number of hydrogen-bond donors (Lipinski definition) is 2. The molecular formula is C37H39N5O3. The molecule has 45 heavy (non-hydrogen) atoms. The smallest absolute Gasteiger partial charge is 0.319 e. The second-order valence-electron chi connectivity index (χ2n) is 11.8. The summed E-state index contributed by atoms with van der Waals surface area (Å²) in [5.74, 6) is 1.19. The molecule has 1 aromatic heterocycles. The summed E-state index contributed by atoms with van der Waals surface area (Å²) >= 11 is 0. The van der Waals surface area contributed by atoms with Gasteiger partial charge in [-0.1, -0.05) is 18.2 Å². The first-order valence-corrected chi connectivity index (χ1v) is 15.5. The number of rotatable bonds is 9. The third-order valence-electron chi connectivity index (χ3n) is 8.08. The molecular weight excluding hydrogens is 562 g/mol. The minimum Gasteiger partial charge on any atom is -0.457 e. The van der Waals surface area contributed by atoms with E-state index in [2.05, 4.69) is 50.6 Å². The SMILES string of the molecule is CC(C)NC(=O)Nc1ccc(Oc2ccc(N(C)C(=O)c3ccc(-n4cc(CN5CCCC5)c5ccccc54)cc3)cc2)cc1. The van der Waals surface area contributed by atoms with Crippen LogP contribution >= 0.6 is 0 Å². The molecule has 6 rings (SSSR count). The topological polar surface area (TPSA) is 78.8 Å². The molecule has 2 N–H and O–H groups in total. The third kappa shape index (κ3) is 7.02. The van der Waals surface area contributed by atoms with Gasteiger partial charge in [0.05, 0.1) is 5.52 Å². The number of hydrogen-bond acceptors (Lipinski definition) is 4. The van der Waals surface area contributed by atoms with Gasteiger partial charge >= 0.3 is 6.03 Å². The van der Waals surface area contributed by atoms with Crippen molar-refractivity contribution in [1.29, 1.82) is 0 Å². The van der Waals surface area contributed by atoms with E-state index in [0.29, 0.717) is 22.7 Å². The van der Waals surface area contributed by atoms with Crippen LogP contribution in [0.5, 0.6) is 11.5 Å². The Bertz CT molecular complexity index is 1770. The van der Waals surface area contributed by atoms with Crippen LogP contribution in [0.15, 0.2) is 103 Å². The molecule has 230 valence electrons. The van der Waals surface area contributed by atoms with Crippen molar-refractivity contribution < 1.29 is 14.3 Å². The lowest BCUT2D eigenvalue weighted by Gasteiger charge is -2.18. The lowest BCUT2D eigenvalue weighted by molar-refractivity contribution is 0.0993. The van der Waals surface area contributed by atoms with E-state index in [0.717, 1.165) is 31.0 Å². The van der Waals surface area contributed by atoms with Crippen molar-refractivity contribution in [2.24, 2.45) is 0 Å². The summed E-state index contributed by atoms with van der Waals surface area (Å²) in [5, 5.41) is 6.86. The number of urea groups is 1. The molecule has 3 amide bonds. The summed E-state index contributed by atoms with van der Waals surface area (Å²) < 4.78 is 8.20. The van der Waals surface area contributed by atoms with Gasteiger partial charge in [-0.3, -0.25) is 9.69 Å². The molecule has 8 nitrogen and oxygen atoms in total. The second-order valence-corrected chi connectivity index (χ2v) is 11.8. The van der Waals surface area contributed by atoms with E-state index in [-0.39, 0.29) is 18.0 Å². The Balaban J connectivity index is 1.10. The highest BCUT2D eigenvalue weighted by Gasteiger charge is 2.18. The molecule has 0 bridgehead atoms. The fourth-order valence-electron chi connectivity index (χ4n) is 5.76. The molecule has 0 atom stereocenters. The van der Waals surface area contributed by atoms with Gasteiger partial charge in [-0.05, 0) is 124 Å². The van der Waals surface area contributed by atoms with Crippen LogP contribution < -0.4 is 20.3 Å². The molecule has 4 aromatic carbocycles. The van der Waals surface area contributed by atoms with Gasteiger partial charge in [-0.25, -0.2) is 4.79 Å². The van der Waals surface area contributed by atoms with Crippen molar-refractivity contribution in [2.75, 3.05) is 30.4 Å². The zero-order chi connectivity index (χ0) is 31.3. The largest absolute Gasteiger partial charge is 0.457 e. The van der Waals surface area contributed by atoms with Crippen LogP contribution in [0.1, 0.15) is 42.6 Å². The number of ether oxygens (including phenoxy) is 1. The van der Waals surface area contributed by atoms with Crippen LogP contribution in [0.2, 0.25) is 0 Å². The van der Waals surface area contributed by atoms with Gasteiger partial charge in [0.25, 0.3) is 5.91 Å². The van der Waals surface area contributed by atoms with E-state index in [1.165, 1.54) is 29.3 Å². The van der Waals surface area contributed by atoms with Gasteiger partial charge < -0.3 is 24.8 Å². The van der Waals surface area contributed by atoms with Crippen LogP contribution in [0.25, 0.3) is 16.6 Å². The number of para-hydroxylation sites is 1. The van der Waals surface area contributed by atoms with Gasteiger partial charge in [0.1, 0.15) is 11.5 Å². The molecule has 0 unspecified atom stereocenters. The van der Waals surface area contributed by atoms with E-state index in [4.69, 9.17) is 4.74 Å². The highest BCUT2D eigenvalue weighted by molar-refractivity contribution is 6.05. The molecule has 2 heterocycles. The van der Waals surface area contributed by atoms with E-state index < -0.39 is 0 Å². The molecule has 8 heteroatoms. The Morgan fingerprint density at radius 3 is 2.16 bits per heavy atom. The molecule has 1 aliphatic heterocycles. The molecule has 1 fully saturated rings. The Morgan fingerprint density at radius 1 is 0.844 bits per heavy atom. The molecule has 0 radical (unpaired) electrons. The number of aromatic nitrogens is 1. The number of amides is 3. The first-order valence-electron chi connectivity index (χ1n) is 15.5. The summed E-state index contributed by atoms with van der Waals surface area (Å²) in [5.41, 5.74) is 5.59. The van der Waals surface area contributed by atoms with Crippen molar-refractivity contribution in [3.05, 3.63) is 114 Å². The number of benzene rings is 4. The first-order chi connectivity index (χ1) is 21.8. The maximum absolute atomic E-state index is 13.4. The van der Waals surface area contributed by atoms with E-state index >= 15 is 0 Å². The molecule has 0 aliphatic carbocycles. The Kier molecular flexibility index (Phi) is 8.84. The standard InChI is InChI=1S/C37H39N5O3/c1-26(2)38-37(44)39-29-12-18-32(19-13-29)45-33-20-16-30(17-21-33)40(3)36(43)27-10-14-31(15-11-27)42-25-28(24-41-22-6-7-23-41)34-8-4-5-9-35(34)42/h4-5,8-21,25-26H,6-7,22-24H2,1-3H3,(H2,38,39,44). The summed E-state index contributed by atoms with van der Waals surface area (Å²) in [7, 11) is 1.78. The Labute approximate surface area is 264 Å². The zero-order valence-electron chi connectivity index (χ0n) is 26.0. The molecule has 5 aromatic rings. The minimum absolute atomic E-state index is 0.0553. The van der Waals surface area contributed by atoms with Gasteiger partial charge in [-0.2, -0.15) is 0 Å². The number of fused-ring (bicyclic) bond motifs is 1. The van der Waals surface area contributed by atoms with Crippen LogP contribution in [-0.4, -0.2) is 47.6 Å². The number of nitrogens with zero attached hydrogens (tertiary/aromatic N) is 3. The Morgan fingerprint density at radius 2 is 1.49 bits per heavy atom. The predicted molar refractivity (Wildman–Crippen MR) is 181 cm³/mol. The number of anilines is 2. The normalized spacial score (nSPS) is 13.2. The quantitative estimate of drug-likeness (QED) is 0.181. The van der Waals surface area contributed by atoms with Gasteiger partial charge in [-0.15, -0.1) is 0 Å². The summed E-state index contributed by atoms with van der Waals surface area (Å²) in [4.78, 5) is 29.5. The fraction of sp³-hybridized carbons (Fsp3) is 0.243.